The molecule has 0 spiro atoms. The second kappa shape index (κ2) is 6.81. The smallest absolute Gasteiger partial charge is 0.267 e. The van der Waals surface area contributed by atoms with Gasteiger partial charge in [-0.05, 0) is 12.1 Å². The zero-order valence-corrected chi connectivity index (χ0v) is 11.3. The lowest BCUT2D eigenvalue weighted by Crippen LogP contribution is -2.40. The monoisotopic (exact) mass is 275 g/mol. The molecule has 1 N–H and O–H groups in total. The molecule has 0 atom stereocenters. The van der Waals surface area contributed by atoms with E-state index in [1.807, 2.05) is 18.2 Å². The van der Waals surface area contributed by atoms with E-state index in [1.54, 1.807) is 19.2 Å². The maximum Gasteiger partial charge on any atom is 0.267 e. The number of anilines is 1. The lowest BCUT2D eigenvalue weighted by molar-refractivity contribution is -0.119. The lowest BCUT2D eigenvalue weighted by atomic mass is 10.1. The predicted molar refractivity (Wildman–Crippen MR) is 75.5 cm³/mol. The molecule has 2 rings (SSSR count). The van der Waals surface area contributed by atoms with Crippen LogP contribution < -0.4 is 10.3 Å². The summed E-state index contributed by atoms with van der Waals surface area (Å²) in [5, 5.41) is 8.15. The average molecular weight is 275 g/mol. The fourth-order valence-electron chi connectivity index (χ4n) is 1.86. The van der Waals surface area contributed by atoms with Gasteiger partial charge in [0, 0.05) is 26.5 Å². The molecule has 1 aliphatic heterocycles. The molecule has 0 aromatic heterocycles. The van der Waals surface area contributed by atoms with E-state index in [2.05, 4.69) is 10.4 Å². The summed E-state index contributed by atoms with van der Waals surface area (Å²) in [6.07, 6.45) is 0.645. The zero-order valence-electron chi connectivity index (χ0n) is 11.3. The molecule has 0 fully saturated rings. The number of para-hydroxylation sites is 1. The summed E-state index contributed by atoms with van der Waals surface area (Å²) in [4.78, 5) is 23.8. The summed E-state index contributed by atoms with van der Waals surface area (Å²) in [5.74, 6) is -0.361. The minimum Gasteiger partial charge on any atom is -0.383 e. The van der Waals surface area contributed by atoms with Gasteiger partial charge in [0.05, 0.1) is 12.3 Å². The van der Waals surface area contributed by atoms with Gasteiger partial charge in [0.2, 0.25) is 5.91 Å². The van der Waals surface area contributed by atoms with Crippen LogP contribution in [-0.2, 0) is 14.3 Å². The molecule has 2 amide bonds. The summed E-state index contributed by atoms with van der Waals surface area (Å²) in [5.41, 5.74) is 1.03. The number of benzene rings is 1. The number of hydrogen-bond donors (Lipinski definition) is 1. The second-order valence-corrected chi connectivity index (χ2v) is 4.34. The minimum absolute atomic E-state index is 0.107. The summed E-state index contributed by atoms with van der Waals surface area (Å²) in [6, 6.07) is 9.08. The number of amides is 2. The maximum atomic E-state index is 11.9. The van der Waals surface area contributed by atoms with Gasteiger partial charge in [-0.15, -0.1) is 0 Å². The highest BCUT2D eigenvalue weighted by Crippen LogP contribution is 2.19. The third kappa shape index (κ3) is 3.42. The molecule has 0 saturated carbocycles. The Hall–Kier alpha value is -2.21. The Kier molecular flexibility index (Phi) is 4.84. The highest BCUT2D eigenvalue weighted by molar-refractivity contribution is 6.40. The number of hydrazone groups is 1. The number of ether oxygens (including phenoxy) is 1. The summed E-state index contributed by atoms with van der Waals surface area (Å²) < 4.78 is 4.87. The number of methoxy groups -OCH3 is 1. The molecule has 0 radical (unpaired) electrons. The minimum atomic E-state index is -0.254. The van der Waals surface area contributed by atoms with Gasteiger partial charge in [0.1, 0.15) is 5.71 Å². The highest BCUT2D eigenvalue weighted by Gasteiger charge is 2.25. The van der Waals surface area contributed by atoms with E-state index in [9.17, 15) is 9.59 Å². The third-order valence-electron chi connectivity index (χ3n) is 2.89. The van der Waals surface area contributed by atoms with Crippen LogP contribution in [0.2, 0.25) is 0 Å². The van der Waals surface area contributed by atoms with E-state index in [0.717, 1.165) is 0 Å². The second-order valence-electron chi connectivity index (χ2n) is 4.34. The third-order valence-corrected chi connectivity index (χ3v) is 2.89. The molecule has 0 bridgehead atoms. The van der Waals surface area contributed by atoms with Crippen molar-refractivity contribution >= 4 is 23.2 Å². The standard InChI is InChI=1S/C14H17N3O3/c1-20-10-9-15-14(19)12-7-8-13(18)17(16-12)11-5-3-2-4-6-11/h2-6H,7-10H2,1H3,(H,15,19). The largest absolute Gasteiger partial charge is 0.383 e. The highest BCUT2D eigenvalue weighted by atomic mass is 16.5. The van der Waals surface area contributed by atoms with Gasteiger partial charge in [-0.2, -0.15) is 5.10 Å². The molecule has 6 heteroatoms. The Morgan fingerprint density at radius 1 is 1.35 bits per heavy atom. The molecule has 1 aliphatic rings. The molecule has 1 aromatic carbocycles. The Bertz CT molecular complexity index is 514. The Morgan fingerprint density at radius 2 is 2.10 bits per heavy atom. The first kappa shape index (κ1) is 14.2. The lowest BCUT2D eigenvalue weighted by Gasteiger charge is -2.23. The topological polar surface area (TPSA) is 71.0 Å². The first-order valence-electron chi connectivity index (χ1n) is 6.45. The van der Waals surface area contributed by atoms with Crippen LogP contribution >= 0.6 is 0 Å². The van der Waals surface area contributed by atoms with Crippen molar-refractivity contribution in [3.63, 3.8) is 0 Å². The van der Waals surface area contributed by atoms with Crippen LogP contribution in [0.5, 0.6) is 0 Å². The summed E-state index contributed by atoms with van der Waals surface area (Å²) >= 11 is 0. The van der Waals surface area contributed by atoms with Crippen LogP contribution in [-0.4, -0.2) is 37.8 Å². The van der Waals surface area contributed by atoms with Crippen molar-refractivity contribution < 1.29 is 14.3 Å². The predicted octanol–water partition coefficient (Wildman–Crippen LogP) is 0.932. The number of nitrogens with zero attached hydrogens (tertiary/aromatic N) is 2. The van der Waals surface area contributed by atoms with E-state index in [0.29, 0.717) is 31.0 Å². The molecule has 0 unspecified atom stereocenters. The number of carbonyl (C=O) groups is 2. The zero-order chi connectivity index (χ0) is 14.4. The van der Waals surface area contributed by atoms with E-state index in [1.165, 1.54) is 5.01 Å². The Balaban J connectivity index is 2.10. The molecule has 1 aromatic rings. The molecular formula is C14H17N3O3. The van der Waals surface area contributed by atoms with E-state index < -0.39 is 0 Å². The van der Waals surface area contributed by atoms with Gasteiger partial charge < -0.3 is 10.1 Å². The molecule has 0 saturated heterocycles. The number of carbonyl (C=O) groups excluding carboxylic acids is 2. The average Bonchev–Trinajstić information content (AvgIpc) is 2.49. The molecule has 20 heavy (non-hydrogen) atoms. The van der Waals surface area contributed by atoms with Crippen LogP contribution in [0.25, 0.3) is 0 Å². The summed E-state index contributed by atoms with van der Waals surface area (Å²) in [6.45, 7) is 0.869. The maximum absolute atomic E-state index is 11.9. The molecule has 6 nitrogen and oxygen atoms in total. The van der Waals surface area contributed by atoms with Crippen LogP contribution in [0.15, 0.2) is 35.4 Å². The van der Waals surface area contributed by atoms with Gasteiger partial charge >= 0.3 is 0 Å². The Morgan fingerprint density at radius 3 is 2.80 bits per heavy atom. The fourth-order valence-corrected chi connectivity index (χ4v) is 1.86. The number of nitrogens with one attached hydrogen (secondary N) is 1. The van der Waals surface area contributed by atoms with Crippen molar-refractivity contribution in [2.45, 2.75) is 12.8 Å². The number of rotatable bonds is 5. The van der Waals surface area contributed by atoms with Crippen molar-refractivity contribution in [2.75, 3.05) is 25.3 Å². The number of hydrogen-bond acceptors (Lipinski definition) is 4. The van der Waals surface area contributed by atoms with Crippen LogP contribution in [0.1, 0.15) is 12.8 Å². The van der Waals surface area contributed by atoms with Crippen LogP contribution in [0, 0.1) is 0 Å². The van der Waals surface area contributed by atoms with Crippen molar-refractivity contribution in [3.05, 3.63) is 30.3 Å². The SMILES string of the molecule is COCCNC(=O)C1=NN(c2ccccc2)C(=O)CC1. The molecule has 106 valence electrons. The van der Waals surface area contributed by atoms with Crippen LogP contribution in [0.4, 0.5) is 5.69 Å². The van der Waals surface area contributed by atoms with Gasteiger partial charge in [-0.25, -0.2) is 5.01 Å². The molecule has 1 heterocycles. The van der Waals surface area contributed by atoms with Crippen molar-refractivity contribution in [2.24, 2.45) is 5.10 Å². The first-order valence-corrected chi connectivity index (χ1v) is 6.45. The van der Waals surface area contributed by atoms with Crippen molar-refractivity contribution in [1.82, 2.24) is 5.32 Å². The quantitative estimate of drug-likeness (QED) is 0.813. The summed E-state index contributed by atoms with van der Waals surface area (Å²) in [7, 11) is 1.57. The van der Waals surface area contributed by atoms with Gasteiger partial charge in [0.25, 0.3) is 5.91 Å². The molecule has 0 aliphatic carbocycles. The molecular weight excluding hydrogens is 258 g/mol. The van der Waals surface area contributed by atoms with Gasteiger partial charge in [-0.1, -0.05) is 18.2 Å². The normalized spacial score (nSPS) is 14.9. The van der Waals surface area contributed by atoms with Gasteiger partial charge in [0.15, 0.2) is 0 Å². The Labute approximate surface area is 117 Å². The van der Waals surface area contributed by atoms with E-state index in [4.69, 9.17) is 4.74 Å². The first-order chi connectivity index (χ1) is 9.72. The van der Waals surface area contributed by atoms with E-state index in [-0.39, 0.29) is 18.2 Å². The van der Waals surface area contributed by atoms with Crippen molar-refractivity contribution in [1.29, 1.82) is 0 Å². The van der Waals surface area contributed by atoms with Crippen LogP contribution in [0.3, 0.4) is 0 Å². The van der Waals surface area contributed by atoms with Crippen molar-refractivity contribution in [3.8, 4) is 0 Å². The fraction of sp³-hybridized carbons (Fsp3) is 0.357. The van der Waals surface area contributed by atoms with E-state index >= 15 is 0 Å². The van der Waals surface area contributed by atoms with Gasteiger partial charge in [-0.3, -0.25) is 9.59 Å².